The maximum atomic E-state index is 13.5. The summed E-state index contributed by atoms with van der Waals surface area (Å²) in [5, 5.41) is 2.57. The van der Waals surface area contributed by atoms with E-state index in [1.165, 1.54) is 35.2 Å². The number of benzene rings is 2. The van der Waals surface area contributed by atoms with E-state index in [9.17, 15) is 18.4 Å². The smallest absolute Gasteiger partial charge is 0.239 e. The predicted octanol–water partition coefficient (Wildman–Crippen LogP) is 3.56. The highest BCUT2D eigenvalue weighted by atomic mass is 127. The molecule has 7 heteroatoms. The maximum absolute atomic E-state index is 13.5. The van der Waals surface area contributed by atoms with Crippen LogP contribution in [0.5, 0.6) is 0 Å². The van der Waals surface area contributed by atoms with Gasteiger partial charge in [-0.05, 0) is 71.5 Å². The lowest BCUT2D eigenvalue weighted by molar-refractivity contribution is -0.129. The molecule has 2 aromatic rings. The van der Waals surface area contributed by atoms with E-state index >= 15 is 0 Å². The Labute approximate surface area is 151 Å². The van der Waals surface area contributed by atoms with Gasteiger partial charge >= 0.3 is 0 Å². The molecule has 24 heavy (non-hydrogen) atoms. The molecule has 0 spiro atoms. The molecule has 1 saturated heterocycles. The van der Waals surface area contributed by atoms with Crippen LogP contribution in [0.25, 0.3) is 0 Å². The Bertz CT molecular complexity index is 796. The largest absolute Gasteiger partial charge is 0.325 e. The van der Waals surface area contributed by atoms with Gasteiger partial charge < -0.3 is 10.2 Å². The van der Waals surface area contributed by atoms with Gasteiger partial charge in [0.15, 0.2) is 0 Å². The normalized spacial score (nSPS) is 17.2. The Kier molecular flexibility index (Phi) is 4.79. The van der Waals surface area contributed by atoms with Gasteiger partial charge in [-0.25, -0.2) is 8.78 Å². The Balaban J connectivity index is 1.71. The Morgan fingerprint density at radius 2 is 1.88 bits per heavy atom. The van der Waals surface area contributed by atoms with Crippen LogP contribution in [-0.2, 0) is 9.59 Å². The Hall–Kier alpha value is -2.03. The molecule has 2 aromatic carbocycles. The third kappa shape index (κ3) is 3.40. The highest BCUT2D eigenvalue weighted by Gasteiger charge is 2.37. The summed E-state index contributed by atoms with van der Waals surface area (Å²) >= 11 is 1.85. The van der Waals surface area contributed by atoms with E-state index in [1.807, 2.05) is 22.6 Å². The predicted molar refractivity (Wildman–Crippen MR) is 94.6 cm³/mol. The van der Waals surface area contributed by atoms with Crippen molar-refractivity contribution in [3.63, 3.8) is 0 Å². The first-order chi connectivity index (χ1) is 11.5. The van der Waals surface area contributed by atoms with E-state index in [1.54, 1.807) is 12.1 Å². The monoisotopic (exact) mass is 442 g/mol. The highest BCUT2D eigenvalue weighted by molar-refractivity contribution is 14.1. The van der Waals surface area contributed by atoms with Crippen LogP contribution in [-0.4, -0.2) is 18.4 Å². The molecule has 1 unspecified atom stereocenters. The first-order valence-corrected chi connectivity index (χ1v) is 8.36. The summed E-state index contributed by atoms with van der Waals surface area (Å²) in [6.07, 6.45) is 0.356. The first kappa shape index (κ1) is 16.8. The molecule has 1 N–H and O–H groups in total. The van der Waals surface area contributed by atoms with Gasteiger partial charge in [-0.15, -0.1) is 0 Å². The maximum Gasteiger partial charge on any atom is 0.239 e. The van der Waals surface area contributed by atoms with Crippen molar-refractivity contribution >= 4 is 45.8 Å². The molecule has 1 heterocycles. The minimum atomic E-state index is -0.836. The summed E-state index contributed by atoms with van der Waals surface area (Å²) in [7, 11) is 0. The minimum absolute atomic E-state index is 0.311. The number of halogens is 3. The number of carbonyl (C=O) groups excluding carboxylic acids is 2. The van der Waals surface area contributed by atoms with Gasteiger partial charge in [0.2, 0.25) is 11.8 Å². The Morgan fingerprint density at radius 3 is 2.54 bits per heavy atom. The zero-order valence-corrected chi connectivity index (χ0v) is 14.6. The lowest BCUT2D eigenvalue weighted by atomic mass is 10.1. The van der Waals surface area contributed by atoms with Gasteiger partial charge in [0.05, 0.1) is 0 Å². The first-order valence-electron chi connectivity index (χ1n) is 7.28. The van der Waals surface area contributed by atoms with Crippen molar-refractivity contribution in [1.29, 1.82) is 0 Å². The topological polar surface area (TPSA) is 49.4 Å². The summed E-state index contributed by atoms with van der Waals surface area (Å²) in [5.74, 6) is -2.47. The third-order valence-electron chi connectivity index (χ3n) is 3.85. The molecule has 0 aliphatic carbocycles. The van der Waals surface area contributed by atoms with E-state index in [2.05, 4.69) is 5.32 Å². The molecule has 0 bridgehead atoms. The molecular weight excluding hydrogens is 429 g/mol. The molecule has 0 saturated carbocycles. The van der Waals surface area contributed by atoms with Crippen LogP contribution in [0.2, 0.25) is 0 Å². The second-order valence-corrected chi connectivity index (χ2v) is 6.59. The number of hydrogen-bond acceptors (Lipinski definition) is 2. The van der Waals surface area contributed by atoms with Crippen molar-refractivity contribution in [3.8, 4) is 0 Å². The van der Waals surface area contributed by atoms with Gasteiger partial charge in [-0.2, -0.15) is 0 Å². The summed E-state index contributed by atoms with van der Waals surface area (Å²) in [6.45, 7) is 0.379. The van der Waals surface area contributed by atoms with Crippen LogP contribution >= 0.6 is 22.6 Å². The molecular formula is C17H13F2IN2O2. The van der Waals surface area contributed by atoms with Crippen LogP contribution in [0, 0.1) is 21.1 Å². The summed E-state index contributed by atoms with van der Waals surface area (Å²) in [5.41, 5.74) is 0.864. The molecule has 4 nitrogen and oxygen atoms in total. The van der Waals surface area contributed by atoms with Gasteiger partial charge in [-0.3, -0.25) is 9.59 Å². The van der Waals surface area contributed by atoms with Crippen molar-refractivity contribution in [2.75, 3.05) is 16.8 Å². The van der Waals surface area contributed by atoms with E-state index in [-0.39, 0.29) is 11.7 Å². The number of nitrogens with one attached hydrogen (secondary N) is 1. The number of hydrogen-bond donors (Lipinski definition) is 1. The number of carbonyl (C=O) groups is 2. The quantitative estimate of drug-likeness (QED) is 0.584. The minimum Gasteiger partial charge on any atom is -0.325 e. The third-order valence-corrected chi connectivity index (χ3v) is 4.72. The molecule has 1 aliphatic rings. The number of amides is 2. The molecule has 0 radical (unpaired) electrons. The van der Waals surface area contributed by atoms with E-state index in [0.717, 1.165) is 0 Å². The molecule has 1 fully saturated rings. The average molecular weight is 442 g/mol. The van der Waals surface area contributed by atoms with E-state index < -0.39 is 17.6 Å². The second-order valence-electron chi connectivity index (χ2n) is 5.43. The van der Waals surface area contributed by atoms with Crippen molar-refractivity contribution in [2.45, 2.75) is 6.42 Å². The lowest BCUT2D eigenvalue weighted by Gasteiger charge is -2.16. The number of anilines is 2. The zero-order valence-electron chi connectivity index (χ0n) is 12.4. The van der Waals surface area contributed by atoms with Gasteiger partial charge in [0.1, 0.15) is 17.6 Å². The summed E-state index contributed by atoms with van der Waals surface area (Å²) in [6, 6.07) is 9.89. The van der Waals surface area contributed by atoms with Crippen molar-refractivity contribution < 1.29 is 18.4 Å². The van der Waals surface area contributed by atoms with E-state index in [4.69, 9.17) is 0 Å². The van der Waals surface area contributed by atoms with Crippen LogP contribution < -0.4 is 10.2 Å². The van der Waals surface area contributed by atoms with Gasteiger partial charge in [-0.1, -0.05) is 0 Å². The Morgan fingerprint density at radius 1 is 1.17 bits per heavy atom. The van der Waals surface area contributed by atoms with Gasteiger partial charge in [0, 0.05) is 21.5 Å². The van der Waals surface area contributed by atoms with Crippen LogP contribution in [0.1, 0.15) is 6.42 Å². The molecule has 1 atom stereocenters. The van der Waals surface area contributed by atoms with E-state index in [0.29, 0.717) is 27.9 Å². The molecule has 124 valence electrons. The molecule has 0 aromatic heterocycles. The van der Waals surface area contributed by atoms with Crippen molar-refractivity contribution in [2.24, 2.45) is 5.92 Å². The van der Waals surface area contributed by atoms with Crippen LogP contribution in [0.15, 0.2) is 42.5 Å². The van der Waals surface area contributed by atoms with Gasteiger partial charge in [0.25, 0.3) is 0 Å². The summed E-state index contributed by atoms with van der Waals surface area (Å²) < 4.78 is 27.0. The number of rotatable bonds is 3. The fraction of sp³-hybridized carbons (Fsp3) is 0.176. The average Bonchev–Trinajstić information content (AvgIpc) is 2.93. The van der Waals surface area contributed by atoms with Crippen molar-refractivity contribution in [3.05, 3.63) is 57.7 Å². The second kappa shape index (κ2) is 6.84. The lowest BCUT2D eigenvalue weighted by Crippen LogP contribution is -2.33. The SMILES string of the molecule is O=C(Nc1ccc(I)c(F)c1)C1CCN(c2ccc(F)cc2)C1=O. The molecule has 3 rings (SSSR count). The van der Waals surface area contributed by atoms with Crippen LogP contribution in [0.4, 0.5) is 20.2 Å². The fourth-order valence-electron chi connectivity index (χ4n) is 2.60. The number of nitrogens with zero attached hydrogens (tertiary/aromatic N) is 1. The zero-order chi connectivity index (χ0) is 17.3. The highest BCUT2D eigenvalue weighted by Crippen LogP contribution is 2.26. The summed E-state index contributed by atoms with van der Waals surface area (Å²) in [4.78, 5) is 26.2. The van der Waals surface area contributed by atoms with Crippen molar-refractivity contribution in [1.82, 2.24) is 0 Å². The van der Waals surface area contributed by atoms with Crippen LogP contribution in [0.3, 0.4) is 0 Å². The molecule has 1 aliphatic heterocycles. The standard InChI is InChI=1S/C17H13F2IN2O2/c18-10-1-4-12(5-2-10)22-8-7-13(17(22)24)16(23)21-11-3-6-15(20)14(19)9-11/h1-6,9,13H,7-8H2,(H,21,23). The molecule has 2 amide bonds. The fourth-order valence-corrected chi connectivity index (χ4v) is 2.94.